The lowest BCUT2D eigenvalue weighted by atomic mass is 10.4. The van der Waals surface area contributed by atoms with Crippen LogP contribution >= 0.6 is 0 Å². The molecule has 24 nitrogen and oxygen atoms in total. The van der Waals surface area contributed by atoms with Crippen LogP contribution in [0.1, 0.15) is 0 Å². The highest BCUT2D eigenvalue weighted by atomic mass is 28.6. The first-order valence-corrected chi connectivity index (χ1v) is 74.4. The van der Waals surface area contributed by atoms with Crippen molar-refractivity contribution < 1.29 is 100 Å². The van der Waals surface area contributed by atoms with Gasteiger partial charge in [0.1, 0.15) is 0 Å². The van der Waals surface area contributed by atoms with E-state index in [0.717, 1.165) is 0 Å². The van der Waals surface area contributed by atoms with E-state index < -0.39 is 158 Å². The van der Waals surface area contributed by atoms with Gasteiger partial charge in [0.05, 0.1) is 0 Å². The molecule has 0 spiro atoms. The molecule has 2 N–H and O–H groups in total. The lowest BCUT2D eigenvalue weighted by Gasteiger charge is -2.60. The van der Waals surface area contributed by atoms with Gasteiger partial charge in [0.2, 0.25) is 0 Å². The van der Waals surface area contributed by atoms with Crippen LogP contribution in [-0.4, -0.2) is 168 Å². The van der Waals surface area contributed by atoms with E-state index in [1.807, 2.05) is 321 Å². The van der Waals surface area contributed by atoms with Crippen LogP contribution in [0.15, 0.2) is 243 Å². The molecule has 0 saturated carbocycles. The molecule has 6 aliphatic rings. The number of hydrogen-bond acceptors (Lipinski definition) is 24. The highest BCUT2D eigenvalue weighted by Gasteiger charge is 2.84. The second-order valence-corrected chi connectivity index (χ2v) is 84.7. The van der Waals surface area contributed by atoms with Crippen molar-refractivity contribution >= 4 is 199 Å². The summed E-state index contributed by atoms with van der Waals surface area (Å²) < 4.78 is 176. The van der Waals surface area contributed by atoms with E-state index in [1.54, 1.807) is 26.2 Å². The van der Waals surface area contributed by atoms with Crippen molar-refractivity contribution in [2.24, 2.45) is 0 Å². The van der Waals surface area contributed by atoms with Crippen molar-refractivity contribution in [3.8, 4) is 0 Å². The normalized spacial score (nSPS) is 31.7. The van der Waals surface area contributed by atoms with Crippen molar-refractivity contribution in [3.05, 3.63) is 243 Å². The summed E-state index contributed by atoms with van der Waals surface area (Å²) in [4.78, 5) is 23.8. The first-order valence-electron chi connectivity index (χ1n) is 35.0. The SMILES string of the molecule is C[SiH](O[Si](C)(C)O[Si]1(C)O[Si]2(c3ccccc3)O[Si]3(c4ccccc4)O[Si]4(c5ccccc5)O[Si](C)(O[Si](C)(C)O[SiH](C)O[Si](C)(O)O[Si](C)(C)C)O[Si]5(c6ccccc6)O[Si](c6ccccc6)(O[Si](c6ccccc6)(O1)O[Si](c1ccccc1)(O5)O[Si](c1ccccc1)(O2)O4)O3)O[Si](C)(O)O[Si](C)(C)C. The second-order valence-electron chi connectivity index (χ2n) is 29.4. The van der Waals surface area contributed by atoms with Crippen LogP contribution in [0.4, 0.5) is 0 Å². The van der Waals surface area contributed by atoms with E-state index in [-0.39, 0.29) is 0 Å². The number of fused-ring (bicyclic) bond motifs is 4. The van der Waals surface area contributed by atoms with Crippen molar-refractivity contribution in [2.45, 2.75) is 105 Å². The fraction of sp³-hybridized carbons (Fsp3) is 0.250. The minimum Gasteiger partial charge on any atom is -0.418 e. The molecule has 42 heteroatoms. The summed E-state index contributed by atoms with van der Waals surface area (Å²) in [5.41, 5.74) is 0. The summed E-state index contributed by atoms with van der Waals surface area (Å²) in [5, 5.41) is 2.88. The molecule has 14 rings (SSSR count). The van der Waals surface area contributed by atoms with Gasteiger partial charge in [-0.2, -0.15) is 0 Å². The van der Waals surface area contributed by atoms with E-state index in [4.69, 9.17) is 90.5 Å². The van der Waals surface area contributed by atoms with Crippen LogP contribution in [-0.2, 0) is 90.5 Å². The Hall–Kier alpha value is -3.30. The van der Waals surface area contributed by atoms with Gasteiger partial charge in [-0.25, -0.2) is 0 Å². The lowest BCUT2D eigenvalue weighted by Crippen LogP contribution is -2.93. The van der Waals surface area contributed by atoms with Gasteiger partial charge in [0.15, 0.2) is 16.6 Å². The van der Waals surface area contributed by atoms with Crippen molar-refractivity contribution in [1.82, 2.24) is 0 Å². The minimum atomic E-state index is -5.54. The molecule has 0 amide bonds. The van der Waals surface area contributed by atoms with Crippen LogP contribution < -0.4 is 41.5 Å². The van der Waals surface area contributed by atoms with Crippen molar-refractivity contribution in [1.29, 1.82) is 0 Å². The fourth-order valence-electron chi connectivity index (χ4n) is 13.5. The zero-order valence-electron chi connectivity index (χ0n) is 62.1. The molecule has 0 radical (unpaired) electrons. The molecular formula is C64H92O24Si18. The molecule has 4 unspecified atom stereocenters. The highest BCUT2D eigenvalue weighted by Crippen LogP contribution is 2.48. The maximum absolute atomic E-state index is 11.9. The standard InChI is InChI=1S/C64H92O24Si18/c1-89(69-95(13,65)71-91(3,4)5)67-93(9,10)73-97(15)75-99(57-41-25-17-26-42-57)79-103(61-49-33-21-34-50-61)83-101(59-45-29-19-30-46-59)77-98(16,74-94(11,12)68-90(2)70-96(14,66)72-92(6,7)8)78-102(60-47-31-20-32-48-60)85-105(87-103,63-53-37-23-38-54-63)81-100(76-97,58-43-27-18-28-44-58)82-106(86-102,64-55-39-24-40-56-64)88-104(80-99,84-101)62-51-35-22-36-52-62/h17-56,65-66,89-90H,1-16H3. The summed E-state index contributed by atoms with van der Waals surface area (Å²) in [6.07, 6.45) is 0. The molecule has 106 heavy (non-hydrogen) atoms. The predicted molar refractivity (Wildman–Crippen MR) is 437 cm³/mol. The number of hydrogen-bond donors (Lipinski definition) is 2. The predicted octanol–water partition coefficient (Wildman–Crippen LogP) is 6.22. The number of benzene rings is 8. The average molecular weight is 1750 g/mol. The van der Waals surface area contributed by atoms with Gasteiger partial charge in [-0.05, 0) is 78.6 Å². The van der Waals surface area contributed by atoms with Gasteiger partial charge in [-0.1, -0.05) is 243 Å². The maximum Gasteiger partial charge on any atom is 0.515 e. The Bertz CT molecular complexity index is 3790. The smallest absolute Gasteiger partial charge is 0.418 e. The van der Waals surface area contributed by atoms with Gasteiger partial charge in [-0.3, -0.25) is 0 Å². The lowest BCUT2D eigenvalue weighted by molar-refractivity contribution is 0.0132. The van der Waals surface area contributed by atoms with Gasteiger partial charge >= 0.3 is 141 Å². The third-order valence-corrected chi connectivity index (χ3v) is 84.7. The fourth-order valence-corrected chi connectivity index (χ4v) is 99.2. The molecule has 4 atom stereocenters. The number of rotatable bonds is 24. The molecule has 0 aliphatic carbocycles. The first kappa shape index (κ1) is 80.7. The molecule has 6 fully saturated rings. The first-order chi connectivity index (χ1) is 49.8. The Morgan fingerprint density at radius 3 is 0.547 bits per heavy atom. The summed E-state index contributed by atoms with van der Waals surface area (Å²) in [6.45, 7) is 29.8. The topological polar surface area (TPSA) is 244 Å². The molecule has 8 aromatic rings. The summed E-state index contributed by atoms with van der Waals surface area (Å²) in [6, 6.07) is 74.6. The van der Waals surface area contributed by atoms with Crippen LogP contribution in [0, 0.1) is 0 Å². The summed E-state index contributed by atoms with van der Waals surface area (Å²) in [7, 11) is -79.8. The Kier molecular flexibility index (Phi) is 23.0. The minimum absolute atomic E-state index is 0.350. The average Bonchev–Trinajstić information content (AvgIpc) is 0.675. The quantitative estimate of drug-likeness (QED) is 0.0638. The van der Waals surface area contributed by atoms with Crippen LogP contribution in [0.5, 0.6) is 0 Å². The van der Waals surface area contributed by atoms with E-state index in [1.165, 1.54) is 0 Å². The molecule has 564 valence electrons. The van der Waals surface area contributed by atoms with Gasteiger partial charge in [-0.15, -0.1) is 0 Å². The van der Waals surface area contributed by atoms with Crippen molar-refractivity contribution in [3.63, 3.8) is 0 Å². The van der Waals surface area contributed by atoms with E-state index in [0.29, 0.717) is 41.5 Å². The summed E-state index contributed by atoms with van der Waals surface area (Å²) in [5.74, 6) is 0. The second kappa shape index (κ2) is 30.2. The molecule has 0 aromatic heterocycles. The Labute approximate surface area is 641 Å². The van der Waals surface area contributed by atoms with E-state index in [9.17, 15) is 9.59 Å². The Balaban J connectivity index is 1.22. The van der Waals surface area contributed by atoms with E-state index >= 15 is 0 Å². The van der Waals surface area contributed by atoms with Gasteiger partial charge < -0.3 is 100 Å². The molecule has 6 aliphatic heterocycles. The summed E-state index contributed by atoms with van der Waals surface area (Å²) >= 11 is 0. The van der Waals surface area contributed by atoms with Gasteiger partial charge in [0, 0.05) is 67.7 Å². The maximum atomic E-state index is 11.9. The van der Waals surface area contributed by atoms with Crippen molar-refractivity contribution in [2.75, 3.05) is 0 Å². The zero-order chi connectivity index (χ0) is 75.6. The van der Waals surface area contributed by atoms with Crippen LogP contribution in [0.25, 0.3) is 0 Å². The molecule has 6 saturated heterocycles. The highest BCUT2D eigenvalue weighted by molar-refractivity contribution is 7.13. The molecular weight excluding hydrogens is 1660 g/mol. The van der Waals surface area contributed by atoms with Crippen LogP contribution in [0.2, 0.25) is 105 Å². The Morgan fingerprint density at radius 1 is 0.245 bits per heavy atom. The largest absolute Gasteiger partial charge is 0.515 e. The third kappa shape index (κ3) is 17.9. The monoisotopic (exact) mass is 1750 g/mol. The Morgan fingerprint density at radius 2 is 0.396 bits per heavy atom. The molecule has 8 bridgehead atoms. The van der Waals surface area contributed by atoms with E-state index in [2.05, 4.69) is 0 Å². The van der Waals surface area contributed by atoms with Crippen LogP contribution in [0.3, 0.4) is 0 Å². The third-order valence-electron chi connectivity index (χ3n) is 16.5. The van der Waals surface area contributed by atoms with Gasteiger partial charge in [0.25, 0.3) is 0 Å². The zero-order valence-corrected chi connectivity index (χ0v) is 80.4. The molecule has 6 heterocycles. The molecule has 8 aromatic carbocycles.